The van der Waals surface area contributed by atoms with Crippen molar-refractivity contribution < 1.29 is 8.78 Å². The first-order valence-electron chi connectivity index (χ1n) is 6.09. The van der Waals surface area contributed by atoms with Crippen LogP contribution >= 0.6 is 0 Å². The summed E-state index contributed by atoms with van der Waals surface area (Å²) < 4.78 is 26.7. The van der Waals surface area contributed by atoms with Crippen molar-refractivity contribution >= 4 is 0 Å². The minimum atomic E-state index is -0.815. The van der Waals surface area contributed by atoms with Crippen LogP contribution in [-0.4, -0.2) is 13.1 Å². The number of hydrogen-bond acceptors (Lipinski definition) is 2. The maximum atomic E-state index is 13.6. The summed E-state index contributed by atoms with van der Waals surface area (Å²) >= 11 is 0. The molecule has 1 unspecified atom stereocenters. The third-order valence-electron chi connectivity index (χ3n) is 3.23. The fraction of sp³-hybridized carbons (Fsp3) is 0.538. The first kappa shape index (κ1) is 12.5. The molecule has 0 saturated heterocycles. The van der Waals surface area contributed by atoms with Crippen molar-refractivity contribution in [3.8, 4) is 0 Å². The Morgan fingerprint density at radius 3 is 2.76 bits per heavy atom. The van der Waals surface area contributed by atoms with Crippen molar-refractivity contribution in [1.82, 2.24) is 5.32 Å². The maximum absolute atomic E-state index is 13.6. The summed E-state index contributed by atoms with van der Waals surface area (Å²) in [6.07, 6.45) is 3.68. The second kappa shape index (κ2) is 5.56. The molecule has 1 atom stereocenters. The second-order valence-corrected chi connectivity index (χ2v) is 4.62. The molecule has 2 rings (SSSR count). The van der Waals surface area contributed by atoms with E-state index in [0.29, 0.717) is 5.56 Å². The van der Waals surface area contributed by atoms with Crippen LogP contribution < -0.4 is 11.1 Å². The molecule has 0 spiro atoms. The van der Waals surface area contributed by atoms with E-state index in [1.54, 1.807) is 6.07 Å². The molecule has 17 heavy (non-hydrogen) atoms. The van der Waals surface area contributed by atoms with E-state index >= 15 is 0 Å². The smallest absolute Gasteiger partial charge is 0.163 e. The van der Waals surface area contributed by atoms with Crippen LogP contribution in [0, 0.1) is 17.6 Å². The quantitative estimate of drug-likeness (QED) is 0.801. The van der Waals surface area contributed by atoms with Gasteiger partial charge in [-0.05, 0) is 24.9 Å². The Morgan fingerprint density at radius 1 is 1.35 bits per heavy atom. The highest BCUT2D eigenvalue weighted by Crippen LogP contribution is 2.32. The minimum Gasteiger partial charge on any atom is -0.329 e. The number of halogens is 2. The van der Waals surface area contributed by atoms with Gasteiger partial charge in [-0.15, -0.1) is 0 Å². The Morgan fingerprint density at radius 2 is 2.12 bits per heavy atom. The van der Waals surface area contributed by atoms with Gasteiger partial charge >= 0.3 is 0 Å². The molecule has 1 aliphatic rings. The number of rotatable bonds is 6. The largest absolute Gasteiger partial charge is 0.329 e. The van der Waals surface area contributed by atoms with Crippen molar-refractivity contribution in [2.45, 2.75) is 25.3 Å². The first-order valence-corrected chi connectivity index (χ1v) is 6.09. The van der Waals surface area contributed by atoms with Crippen LogP contribution in [0.3, 0.4) is 0 Å². The molecule has 3 N–H and O–H groups in total. The monoisotopic (exact) mass is 240 g/mol. The van der Waals surface area contributed by atoms with Crippen LogP contribution in [0.2, 0.25) is 0 Å². The number of nitrogens with two attached hydrogens (primary N) is 1. The lowest BCUT2D eigenvalue weighted by molar-refractivity contribution is 0.458. The zero-order chi connectivity index (χ0) is 12.3. The lowest BCUT2D eigenvalue weighted by Crippen LogP contribution is -2.30. The topological polar surface area (TPSA) is 38.0 Å². The summed E-state index contributed by atoms with van der Waals surface area (Å²) in [5, 5.41) is 3.19. The van der Waals surface area contributed by atoms with Crippen molar-refractivity contribution in [3.63, 3.8) is 0 Å². The van der Waals surface area contributed by atoms with Gasteiger partial charge in [0.15, 0.2) is 11.6 Å². The summed E-state index contributed by atoms with van der Waals surface area (Å²) in [6.45, 7) is 1.08. The molecule has 0 amide bonds. The van der Waals surface area contributed by atoms with E-state index in [0.717, 1.165) is 24.9 Å². The average Bonchev–Trinajstić information content (AvgIpc) is 3.13. The fourth-order valence-electron chi connectivity index (χ4n) is 1.98. The normalized spacial score (nSPS) is 17.1. The van der Waals surface area contributed by atoms with E-state index in [2.05, 4.69) is 5.32 Å². The molecule has 0 aliphatic heterocycles. The molecule has 0 radical (unpaired) electrons. The molecule has 0 bridgehead atoms. The molecule has 1 aromatic carbocycles. The number of hydrogen-bond donors (Lipinski definition) is 2. The second-order valence-electron chi connectivity index (χ2n) is 4.62. The lowest BCUT2D eigenvalue weighted by Gasteiger charge is -2.18. The fourth-order valence-corrected chi connectivity index (χ4v) is 1.98. The van der Waals surface area contributed by atoms with Crippen molar-refractivity contribution in [2.75, 3.05) is 13.1 Å². The molecule has 1 saturated carbocycles. The SMILES string of the molecule is NCC(NCCC1CC1)c1cccc(F)c1F. The van der Waals surface area contributed by atoms with Gasteiger partial charge in [0.25, 0.3) is 0 Å². The summed E-state index contributed by atoms with van der Waals surface area (Å²) in [7, 11) is 0. The van der Waals surface area contributed by atoms with Gasteiger partial charge in [0.1, 0.15) is 0 Å². The van der Waals surface area contributed by atoms with Crippen LogP contribution in [-0.2, 0) is 0 Å². The molecule has 1 aromatic rings. The predicted octanol–water partition coefficient (Wildman–Crippen LogP) is 2.35. The Hall–Kier alpha value is -1.00. The maximum Gasteiger partial charge on any atom is 0.163 e. The van der Waals surface area contributed by atoms with E-state index in [1.165, 1.54) is 18.9 Å². The summed E-state index contributed by atoms with van der Waals surface area (Å²) in [5.74, 6) is -0.787. The third kappa shape index (κ3) is 3.23. The Kier molecular flexibility index (Phi) is 4.07. The van der Waals surface area contributed by atoms with Crippen LogP contribution in [0.15, 0.2) is 18.2 Å². The van der Waals surface area contributed by atoms with Crippen LogP contribution in [0.1, 0.15) is 30.9 Å². The van der Waals surface area contributed by atoms with Crippen molar-refractivity contribution in [1.29, 1.82) is 0 Å². The van der Waals surface area contributed by atoms with Gasteiger partial charge in [-0.2, -0.15) is 0 Å². The standard InChI is InChI=1S/C13H18F2N2/c14-11-3-1-2-10(13(11)15)12(8-16)17-7-6-9-4-5-9/h1-3,9,12,17H,4-8,16H2. The van der Waals surface area contributed by atoms with E-state index in [9.17, 15) is 8.78 Å². The van der Waals surface area contributed by atoms with Crippen LogP contribution in [0.5, 0.6) is 0 Å². The van der Waals surface area contributed by atoms with Gasteiger partial charge in [-0.1, -0.05) is 25.0 Å². The van der Waals surface area contributed by atoms with E-state index in [1.807, 2.05) is 0 Å². The highest BCUT2D eigenvalue weighted by molar-refractivity contribution is 5.22. The van der Waals surface area contributed by atoms with Crippen molar-refractivity contribution in [2.24, 2.45) is 11.7 Å². The molecule has 2 nitrogen and oxygen atoms in total. The average molecular weight is 240 g/mol. The van der Waals surface area contributed by atoms with Gasteiger partial charge in [0.2, 0.25) is 0 Å². The number of benzene rings is 1. The third-order valence-corrected chi connectivity index (χ3v) is 3.23. The number of nitrogens with one attached hydrogen (secondary N) is 1. The van der Waals surface area contributed by atoms with Gasteiger partial charge in [0, 0.05) is 18.2 Å². The van der Waals surface area contributed by atoms with E-state index in [-0.39, 0.29) is 12.6 Å². The Labute approximate surface area is 100 Å². The first-order chi connectivity index (χ1) is 8.22. The molecule has 0 aromatic heterocycles. The molecular weight excluding hydrogens is 222 g/mol. The minimum absolute atomic E-state index is 0.269. The Bertz CT molecular complexity index is 378. The van der Waals surface area contributed by atoms with Gasteiger partial charge < -0.3 is 11.1 Å². The van der Waals surface area contributed by atoms with Gasteiger partial charge in [0.05, 0.1) is 0 Å². The molecular formula is C13H18F2N2. The highest BCUT2D eigenvalue weighted by atomic mass is 19.2. The summed E-state index contributed by atoms with van der Waals surface area (Å²) in [5.41, 5.74) is 5.93. The summed E-state index contributed by atoms with van der Waals surface area (Å²) in [4.78, 5) is 0. The Balaban J connectivity index is 1.97. The molecule has 1 aliphatic carbocycles. The lowest BCUT2D eigenvalue weighted by atomic mass is 10.1. The zero-order valence-electron chi connectivity index (χ0n) is 9.76. The van der Waals surface area contributed by atoms with E-state index in [4.69, 9.17) is 5.73 Å². The highest BCUT2D eigenvalue weighted by Gasteiger charge is 2.22. The molecule has 0 heterocycles. The van der Waals surface area contributed by atoms with E-state index < -0.39 is 11.6 Å². The van der Waals surface area contributed by atoms with Gasteiger partial charge in [-0.25, -0.2) is 8.78 Å². The van der Waals surface area contributed by atoms with Crippen molar-refractivity contribution in [3.05, 3.63) is 35.4 Å². The van der Waals surface area contributed by atoms with Gasteiger partial charge in [-0.3, -0.25) is 0 Å². The zero-order valence-corrected chi connectivity index (χ0v) is 9.76. The molecule has 94 valence electrons. The molecule has 1 fully saturated rings. The predicted molar refractivity (Wildman–Crippen MR) is 63.5 cm³/mol. The van der Waals surface area contributed by atoms with Crippen LogP contribution in [0.4, 0.5) is 8.78 Å². The summed E-state index contributed by atoms with van der Waals surface area (Å²) in [6, 6.07) is 3.92. The van der Waals surface area contributed by atoms with Crippen LogP contribution in [0.25, 0.3) is 0 Å². The molecule has 4 heteroatoms.